The summed E-state index contributed by atoms with van der Waals surface area (Å²) >= 11 is 5.14. The SMILES string of the molecule is Cc1ccc(N2C(=O)[C@H](C=Nc3ccc(C)c([N+](=O)[O-])c3)C(=O)NC2=S)cc1. The van der Waals surface area contributed by atoms with Crippen LogP contribution in [0.15, 0.2) is 47.5 Å². The molecule has 1 atom stereocenters. The van der Waals surface area contributed by atoms with Crippen LogP contribution in [0.2, 0.25) is 0 Å². The van der Waals surface area contributed by atoms with Crippen LogP contribution in [0, 0.1) is 29.9 Å². The Bertz CT molecular complexity index is 1020. The van der Waals surface area contributed by atoms with Crippen molar-refractivity contribution in [1.29, 1.82) is 0 Å². The Morgan fingerprint density at radius 2 is 1.86 bits per heavy atom. The highest BCUT2D eigenvalue weighted by Gasteiger charge is 2.38. The molecule has 28 heavy (non-hydrogen) atoms. The minimum Gasteiger partial charge on any atom is -0.301 e. The summed E-state index contributed by atoms with van der Waals surface area (Å²) in [6, 6.07) is 11.5. The molecule has 1 saturated heterocycles. The van der Waals surface area contributed by atoms with Crippen molar-refractivity contribution in [1.82, 2.24) is 5.32 Å². The molecule has 3 rings (SSSR count). The van der Waals surface area contributed by atoms with Gasteiger partial charge in [-0.05, 0) is 44.3 Å². The number of nitrogens with one attached hydrogen (secondary N) is 1. The number of rotatable bonds is 4. The average molecular weight is 396 g/mol. The zero-order valence-corrected chi connectivity index (χ0v) is 15.9. The molecule has 0 unspecified atom stereocenters. The Labute approximate surface area is 166 Å². The van der Waals surface area contributed by atoms with E-state index in [9.17, 15) is 19.7 Å². The highest BCUT2D eigenvalue weighted by molar-refractivity contribution is 7.80. The molecule has 1 aliphatic heterocycles. The van der Waals surface area contributed by atoms with Crippen LogP contribution in [-0.2, 0) is 9.59 Å². The van der Waals surface area contributed by atoms with Crippen molar-refractivity contribution in [2.24, 2.45) is 10.9 Å². The summed E-state index contributed by atoms with van der Waals surface area (Å²) in [4.78, 5) is 41.0. The summed E-state index contributed by atoms with van der Waals surface area (Å²) in [5.74, 6) is -2.33. The van der Waals surface area contributed by atoms with Crippen molar-refractivity contribution in [2.75, 3.05) is 4.90 Å². The van der Waals surface area contributed by atoms with Gasteiger partial charge in [-0.3, -0.25) is 29.6 Å². The lowest BCUT2D eigenvalue weighted by molar-refractivity contribution is -0.385. The molecule has 1 heterocycles. The molecule has 0 aromatic heterocycles. The van der Waals surface area contributed by atoms with Gasteiger partial charge in [-0.1, -0.05) is 23.8 Å². The number of anilines is 1. The predicted molar refractivity (Wildman–Crippen MR) is 109 cm³/mol. The van der Waals surface area contributed by atoms with Gasteiger partial charge in [0.2, 0.25) is 5.91 Å². The molecular weight excluding hydrogens is 380 g/mol. The second kappa shape index (κ2) is 7.65. The topological polar surface area (TPSA) is 105 Å². The molecule has 2 aromatic rings. The molecular formula is C19H16N4O4S. The standard InChI is InChI=1S/C19H16N4O4S/c1-11-3-7-14(8-4-11)22-18(25)15(17(24)21-19(22)28)10-20-13-6-5-12(2)16(9-13)23(26)27/h3-10,15H,1-2H3,(H,21,24,28)/t15-/m1/s1. The third kappa shape index (κ3) is 3.79. The summed E-state index contributed by atoms with van der Waals surface area (Å²) in [6.07, 6.45) is 1.18. The highest BCUT2D eigenvalue weighted by atomic mass is 32.1. The largest absolute Gasteiger partial charge is 0.301 e. The third-order valence-electron chi connectivity index (χ3n) is 4.26. The molecule has 0 bridgehead atoms. The zero-order chi connectivity index (χ0) is 20.4. The first kappa shape index (κ1) is 19.3. The molecule has 8 nitrogen and oxygen atoms in total. The van der Waals surface area contributed by atoms with Crippen LogP contribution in [0.25, 0.3) is 0 Å². The third-order valence-corrected chi connectivity index (χ3v) is 4.54. The van der Waals surface area contributed by atoms with E-state index in [1.165, 1.54) is 17.2 Å². The van der Waals surface area contributed by atoms with E-state index in [-0.39, 0.29) is 16.5 Å². The van der Waals surface area contributed by atoms with Gasteiger partial charge in [-0.2, -0.15) is 0 Å². The van der Waals surface area contributed by atoms with Gasteiger partial charge in [-0.25, -0.2) is 0 Å². The van der Waals surface area contributed by atoms with Gasteiger partial charge in [0.25, 0.3) is 11.6 Å². The molecule has 142 valence electrons. The van der Waals surface area contributed by atoms with Crippen LogP contribution in [0.5, 0.6) is 0 Å². The lowest BCUT2D eigenvalue weighted by atomic mass is 10.1. The van der Waals surface area contributed by atoms with Crippen molar-refractivity contribution in [2.45, 2.75) is 13.8 Å². The number of nitrogens with zero attached hydrogens (tertiary/aromatic N) is 3. The summed E-state index contributed by atoms with van der Waals surface area (Å²) in [7, 11) is 0. The maximum Gasteiger partial charge on any atom is 0.274 e. The van der Waals surface area contributed by atoms with E-state index in [1.54, 1.807) is 31.2 Å². The van der Waals surface area contributed by atoms with E-state index in [0.717, 1.165) is 5.56 Å². The van der Waals surface area contributed by atoms with Gasteiger partial charge >= 0.3 is 0 Å². The Hall–Kier alpha value is -3.46. The minimum atomic E-state index is -1.20. The van der Waals surface area contributed by atoms with Crippen LogP contribution in [0.3, 0.4) is 0 Å². The molecule has 0 spiro atoms. The van der Waals surface area contributed by atoms with Gasteiger partial charge in [-0.15, -0.1) is 0 Å². The van der Waals surface area contributed by atoms with E-state index < -0.39 is 22.7 Å². The first-order valence-corrected chi connectivity index (χ1v) is 8.73. The van der Waals surface area contributed by atoms with Gasteiger partial charge < -0.3 is 5.32 Å². The number of aryl methyl sites for hydroxylation is 2. The molecule has 1 N–H and O–H groups in total. The Balaban J connectivity index is 1.89. The smallest absolute Gasteiger partial charge is 0.274 e. The van der Waals surface area contributed by atoms with Crippen molar-refractivity contribution >= 4 is 52.4 Å². The fourth-order valence-corrected chi connectivity index (χ4v) is 2.99. The number of carbonyl (C=O) groups excluding carboxylic acids is 2. The van der Waals surface area contributed by atoms with E-state index >= 15 is 0 Å². The summed E-state index contributed by atoms with van der Waals surface area (Å²) in [5, 5.41) is 13.5. The molecule has 0 aliphatic carbocycles. The number of nitro groups is 1. The number of thiocarbonyl (C=S) groups is 1. The second-order valence-corrected chi connectivity index (χ2v) is 6.67. The van der Waals surface area contributed by atoms with E-state index in [1.807, 2.05) is 19.1 Å². The summed E-state index contributed by atoms with van der Waals surface area (Å²) in [5.41, 5.74) is 2.23. The van der Waals surface area contributed by atoms with E-state index in [2.05, 4.69) is 10.3 Å². The van der Waals surface area contributed by atoms with Gasteiger partial charge in [0, 0.05) is 17.8 Å². The maximum absolute atomic E-state index is 12.9. The van der Waals surface area contributed by atoms with Crippen LogP contribution in [-0.4, -0.2) is 28.1 Å². The summed E-state index contributed by atoms with van der Waals surface area (Å²) < 4.78 is 0. The lowest BCUT2D eigenvalue weighted by Gasteiger charge is -2.30. The first-order valence-electron chi connectivity index (χ1n) is 8.32. The van der Waals surface area contributed by atoms with Crippen molar-refractivity contribution in [3.63, 3.8) is 0 Å². The fraction of sp³-hybridized carbons (Fsp3) is 0.158. The number of amides is 2. The molecule has 1 fully saturated rings. The predicted octanol–water partition coefficient (Wildman–Crippen LogP) is 2.98. The fourth-order valence-electron chi connectivity index (χ4n) is 2.70. The maximum atomic E-state index is 12.9. The van der Waals surface area contributed by atoms with Gasteiger partial charge in [0.1, 0.15) is 0 Å². The number of benzene rings is 2. The molecule has 1 aliphatic rings. The molecule has 9 heteroatoms. The van der Waals surface area contributed by atoms with Crippen LogP contribution in [0.4, 0.5) is 17.1 Å². The Kier molecular flexibility index (Phi) is 5.27. The number of aliphatic imine (C=N–C) groups is 1. The zero-order valence-electron chi connectivity index (χ0n) is 15.1. The van der Waals surface area contributed by atoms with Crippen LogP contribution >= 0.6 is 12.2 Å². The van der Waals surface area contributed by atoms with Crippen molar-refractivity contribution < 1.29 is 14.5 Å². The number of hydrogen-bond donors (Lipinski definition) is 1. The Morgan fingerprint density at radius 3 is 2.50 bits per heavy atom. The van der Waals surface area contributed by atoms with Crippen molar-refractivity contribution in [3.05, 3.63) is 63.7 Å². The molecule has 2 aromatic carbocycles. The average Bonchev–Trinajstić information content (AvgIpc) is 2.63. The normalized spacial score (nSPS) is 17.1. The lowest BCUT2D eigenvalue weighted by Crippen LogP contribution is -2.58. The van der Waals surface area contributed by atoms with Crippen LogP contribution in [0.1, 0.15) is 11.1 Å². The van der Waals surface area contributed by atoms with Gasteiger partial charge in [0.05, 0.1) is 16.3 Å². The van der Waals surface area contributed by atoms with E-state index in [4.69, 9.17) is 12.2 Å². The summed E-state index contributed by atoms with van der Waals surface area (Å²) in [6.45, 7) is 3.53. The van der Waals surface area contributed by atoms with Gasteiger partial charge in [0.15, 0.2) is 11.0 Å². The quantitative estimate of drug-likeness (QED) is 0.281. The highest BCUT2D eigenvalue weighted by Crippen LogP contribution is 2.25. The minimum absolute atomic E-state index is 0.00511. The molecule has 0 radical (unpaired) electrons. The molecule has 0 saturated carbocycles. The van der Waals surface area contributed by atoms with Crippen molar-refractivity contribution in [3.8, 4) is 0 Å². The number of hydrogen-bond acceptors (Lipinski definition) is 6. The molecule has 2 amide bonds. The Morgan fingerprint density at radius 1 is 1.18 bits per heavy atom. The second-order valence-electron chi connectivity index (χ2n) is 6.29. The monoisotopic (exact) mass is 396 g/mol. The van der Waals surface area contributed by atoms with Crippen LogP contribution < -0.4 is 10.2 Å². The first-order chi connectivity index (χ1) is 13.3. The number of nitro benzene ring substituents is 1. The number of carbonyl (C=O) groups is 2. The van der Waals surface area contributed by atoms with E-state index in [0.29, 0.717) is 11.3 Å².